The number of rotatable bonds is 16. The Morgan fingerprint density at radius 3 is 1.26 bits per heavy atom. The predicted molar refractivity (Wildman–Crippen MR) is 220 cm³/mol. The van der Waals surface area contributed by atoms with Crippen molar-refractivity contribution in [3.63, 3.8) is 0 Å². The average molecular weight is 807 g/mol. The zero-order valence-electron chi connectivity index (χ0n) is 30.8. The molecule has 3 aromatic carbocycles. The van der Waals surface area contributed by atoms with E-state index in [0.717, 1.165) is 84.2 Å². The second kappa shape index (κ2) is 17.1. The molecule has 282 valence electrons. The van der Waals surface area contributed by atoms with Gasteiger partial charge in [0.15, 0.2) is 0 Å². The van der Waals surface area contributed by atoms with Gasteiger partial charge < -0.3 is 0 Å². The van der Waals surface area contributed by atoms with Gasteiger partial charge in [-0.3, -0.25) is 0 Å². The Kier molecular flexibility index (Phi) is 12.2. The Balaban J connectivity index is 1.21. The van der Waals surface area contributed by atoms with Gasteiger partial charge in [-0.05, 0) is 84.3 Å². The fourth-order valence-corrected chi connectivity index (χ4v) is 10.8. The van der Waals surface area contributed by atoms with Gasteiger partial charge in [-0.25, -0.2) is 17.6 Å². The van der Waals surface area contributed by atoms with Crippen LogP contribution in [0.25, 0.3) is 52.8 Å². The first kappa shape index (κ1) is 38.7. The van der Waals surface area contributed by atoms with Gasteiger partial charge in [0.2, 0.25) is 0 Å². The number of unbranched alkanes of at least 4 members (excludes halogenated alkanes) is 2. The molecular weight excluding hydrogens is 765 g/mol. The molecule has 6 aromatic rings. The highest BCUT2D eigenvalue weighted by Crippen LogP contribution is 2.55. The van der Waals surface area contributed by atoms with E-state index in [9.17, 15) is 0 Å². The highest BCUT2D eigenvalue weighted by atomic mass is 32.1. The molecule has 0 saturated carbocycles. The molecule has 3 aromatic heterocycles. The molecule has 2 unspecified atom stereocenters. The smallest absolute Gasteiger partial charge is 0.135 e. The lowest BCUT2D eigenvalue weighted by atomic mass is 9.91. The molecule has 0 saturated heterocycles. The maximum Gasteiger partial charge on any atom is 0.135 e. The SMILES string of the molecule is CCCCC(CC)Cc1cc(F)c(-c2ccc(-c3c4c(c(-c5ccc(-c6c(F)cc(CC(CC)CCCC)cc6F)s5)c5nsnc35)N=S=N4)s2)c(F)c1. The zero-order chi connectivity index (χ0) is 37.9. The van der Waals surface area contributed by atoms with E-state index in [1.807, 2.05) is 12.1 Å². The molecule has 1 aliphatic rings. The third-order valence-electron chi connectivity index (χ3n) is 10.5. The molecule has 54 heavy (non-hydrogen) atoms. The molecule has 12 heteroatoms. The molecule has 0 bridgehead atoms. The summed E-state index contributed by atoms with van der Waals surface area (Å²) in [6, 6.07) is 13.0. The summed E-state index contributed by atoms with van der Waals surface area (Å²) in [4.78, 5) is 2.39. The average Bonchev–Trinajstić information content (AvgIpc) is 3.99. The van der Waals surface area contributed by atoms with Crippen LogP contribution in [-0.2, 0) is 24.2 Å². The first-order valence-electron chi connectivity index (χ1n) is 18.8. The van der Waals surface area contributed by atoms with Crippen LogP contribution in [0.15, 0.2) is 57.3 Å². The van der Waals surface area contributed by atoms with E-state index in [4.69, 9.17) is 0 Å². The fourth-order valence-electron chi connectivity index (χ4n) is 7.45. The van der Waals surface area contributed by atoms with Crippen molar-refractivity contribution in [1.82, 2.24) is 8.75 Å². The van der Waals surface area contributed by atoms with Crippen molar-refractivity contribution in [2.75, 3.05) is 0 Å². The first-order chi connectivity index (χ1) is 26.2. The Morgan fingerprint density at radius 1 is 0.537 bits per heavy atom. The molecule has 2 atom stereocenters. The number of aromatic nitrogens is 2. The number of hydrogen-bond donors (Lipinski definition) is 0. The van der Waals surface area contributed by atoms with E-state index in [1.54, 1.807) is 12.1 Å². The van der Waals surface area contributed by atoms with Crippen LogP contribution in [0.3, 0.4) is 0 Å². The van der Waals surface area contributed by atoms with Crippen LogP contribution >= 0.6 is 34.4 Å². The van der Waals surface area contributed by atoms with E-state index < -0.39 is 23.3 Å². The van der Waals surface area contributed by atoms with Crippen molar-refractivity contribution in [3.05, 3.63) is 82.9 Å². The van der Waals surface area contributed by atoms with E-state index in [-0.39, 0.29) is 11.1 Å². The van der Waals surface area contributed by atoms with Crippen molar-refractivity contribution in [2.24, 2.45) is 20.6 Å². The highest BCUT2D eigenvalue weighted by molar-refractivity contribution is 7.58. The molecule has 4 nitrogen and oxygen atoms in total. The third-order valence-corrected chi connectivity index (χ3v) is 13.8. The van der Waals surface area contributed by atoms with Gasteiger partial charge >= 0.3 is 0 Å². The Hall–Kier alpha value is -3.58. The summed E-state index contributed by atoms with van der Waals surface area (Å²) in [5.41, 5.74) is 4.98. The molecule has 0 fully saturated rings. The van der Waals surface area contributed by atoms with Crippen LogP contribution in [0, 0.1) is 35.1 Å². The number of thiophene rings is 2. The Bertz CT molecular complexity index is 2170. The van der Waals surface area contributed by atoms with Crippen LogP contribution in [0.2, 0.25) is 0 Å². The highest BCUT2D eigenvalue weighted by Gasteiger charge is 2.29. The molecule has 0 amide bonds. The van der Waals surface area contributed by atoms with Gasteiger partial charge in [0.05, 0.1) is 34.2 Å². The summed E-state index contributed by atoms with van der Waals surface area (Å²) in [6.07, 6.45) is 9.72. The van der Waals surface area contributed by atoms with Crippen LogP contribution < -0.4 is 0 Å². The number of benzene rings is 3. The van der Waals surface area contributed by atoms with Crippen molar-refractivity contribution in [1.29, 1.82) is 0 Å². The summed E-state index contributed by atoms with van der Waals surface area (Å²) < 4.78 is 81.2. The van der Waals surface area contributed by atoms with Crippen molar-refractivity contribution in [3.8, 4) is 41.8 Å². The van der Waals surface area contributed by atoms with Gasteiger partial charge in [0.1, 0.15) is 45.7 Å². The summed E-state index contributed by atoms with van der Waals surface area (Å²) in [6.45, 7) is 8.56. The summed E-state index contributed by atoms with van der Waals surface area (Å²) in [7, 11) is 0. The number of nitrogens with zero attached hydrogens (tertiary/aromatic N) is 4. The molecule has 0 spiro atoms. The van der Waals surface area contributed by atoms with Gasteiger partial charge in [-0.1, -0.05) is 79.1 Å². The quantitative estimate of drug-likeness (QED) is 0.0913. The van der Waals surface area contributed by atoms with Crippen molar-refractivity contribution >= 4 is 68.2 Å². The Labute approximate surface area is 329 Å². The van der Waals surface area contributed by atoms with Crippen LogP contribution in [0.5, 0.6) is 0 Å². The van der Waals surface area contributed by atoms with E-state index >= 15 is 17.6 Å². The molecular formula is C42H42F4N4S4. The summed E-state index contributed by atoms with van der Waals surface area (Å²) in [5, 5.41) is 0. The lowest BCUT2D eigenvalue weighted by Crippen LogP contribution is -2.05. The van der Waals surface area contributed by atoms with Crippen LogP contribution in [-0.4, -0.2) is 8.75 Å². The molecule has 0 N–H and O–H groups in total. The van der Waals surface area contributed by atoms with Gasteiger partial charge in [0.25, 0.3) is 0 Å². The zero-order valence-corrected chi connectivity index (χ0v) is 34.0. The van der Waals surface area contributed by atoms with Crippen LogP contribution in [0.1, 0.15) is 90.2 Å². The predicted octanol–water partition coefficient (Wildman–Crippen LogP) is 15.3. The van der Waals surface area contributed by atoms with Gasteiger partial charge in [-0.15, -0.1) is 22.7 Å². The minimum absolute atomic E-state index is 0.0474. The number of fused-ring (bicyclic) bond motifs is 2. The topological polar surface area (TPSA) is 50.5 Å². The molecule has 0 radical (unpaired) electrons. The van der Waals surface area contributed by atoms with E-state index in [0.29, 0.717) is 79.1 Å². The number of hydrogen-bond acceptors (Lipinski definition) is 7. The van der Waals surface area contributed by atoms with Crippen LogP contribution in [0.4, 0.5) is 28.9 Å². The van der Waals surface area contributed by atoms with Crippen molar-refractivity contribution in [2.45, 2.75) is 91.9 Å². The van der Waals surface area contributed by atoms with Crippen molar-refractivity contribution < 1.29 is 17.6 Å². The lowest BCUT2D eigenvalue weighted by Gasteiger charge is -2.15. The normalized spacial score (nSPS) is 13.5. The second-order valence-corrected chi connectivity index (χ2v) is 17.3. The van der Waals surface area contributed by atoms with Gasteiger partial charge in [-0.2, -0.15) is 17.5 Å². The largest absolute Gasteiger partial charge is 0.206 e. The van der Waals surface area contributed by atoms with E-state index in [2.05, 4.69) is 45.2 Å². The summed E-state index contributed by atoms with van der Waals surface area (Å²) >= 11 is 4.62. The maximum atomic E-state index is 15.6. The molecule has 1 aliphatic heterocycles. The lowest BCUT2D eigenvalue weighted by molar-refractivity contribution is 0.447. The standard InChI is InChI=1S/C42H42F4N4S4/c1-5-9-11-23(7-3)17-25-19-27(43)35(28(44)20-25)31-13-15-33(51-31)37-39-41(49-53-47-39)38(42-40(37)48-54-50-42)34-16-14-32(52-34)36-29(45)21-26(22-30(36)46)18-24(8-4)12-10-6-2/h13-16,19-24H,5-12,17-18H2,1-4H3. The molecule has 4 heterocycles. The minimum Gasteiger partial charge on any atom is -0.206 e. The summed E-state index contributed by atoms with van der Waals surface area (Å²) in [5.74, 6) is -1.52. The first-order valence-corrected chi connectivity index (χ1v) is 21.9. The molecule has 0 aliphatic carbocycles. The van der Waals surface area contributed by atoms with Gasteiger partial charge in [0, 0.05) is 30.6 Å². The fraction of sp³-hybridized carbons (Fsp3) is 0.381. The Morgan fingerprint density at radius 2 is 0.907 bits per heavy atom. The van der Waals surface area contributed by atoms with E-state index in [1.165, 1.54) is 46.9 Å². The minimum atomic E-state index is -0.576. The monoisotopic (exact) mass is 806 g/mol. The third kappa shape index (κ3) is 7.76. The second-order valence-electron chi connectivity index (χ2n) is 14.1. The maximum absolute atomic E-state index is 15.6. The molecule has 7 rings (SSSR count). The number of halogens is 4.